The van der Waals surface area contributed by atoms with E-state index < -0.39 is 10.0 Å². The van der Waals surface area contributed by atoms with Crippen LogP contribution in [0.5, 0.6) is 0 Å². The highest BCUT2D eigenvalue weighted by Crippen LogP contribution is 2.25. The number of aromatic amines is 1. The van der Waals surface area contributed by atoms with Crippen LogP contribution in [0.2, 0.25) is 0 Å². The summed E-state index contributed by atoms with van der Waals surface area (Å²) in [7, 11) is -1.70. The maximum atomic E-state index is 11.8. The maximum absolute atomic E-state index is 11.8. The topological polar surface area (TPSA) is 68.8 Å². The van der Waals surface area contributed by atoms with E-state index in [1.54, 1.807) is 7.05 Å². The number of hydrogen-bond donors (Lipinski definition) is 1. The van der Waals surface area contributed by atoms with E-state index in [4.69, 9.17) is 0 Å². The van der Waals surface area contributed by atoms with E-state index in [1.165, 1.54) is 10.6 Å². The summed E-state index contributed by atoms with van der Waals surface area (Å²) in [6.07, 6.45) is 8.21. The Morgan fingerprint density at radius 1 is 1.19 bits per heavy atom. The Morgan fingerprint density at radius 3 is 2.50 bits per heavy atom. The Morgan fingerprint density at radius 2 is 1.88 bits per heavy atom. The predicted octanol–water partition coefficient (Wildman–Crippen LogP) is 3.26. The van der Waals surface area contributed by atoms with Crippen LogP contribution in [0.1, 0.15) is 32.3 Å². The molecule has 0 atom stereocenters. The molecule has 7 heteroatoms. The van der Waals surface area contributed by atoms with Crippen molar-refractivity contribution in [2.75, 3.05) is 37.2 Å². The van der Waals surface area contributed by atoms with Crippen LogP contribution in [0, 0.1) is 0 Å². The van der Waals surface area contributed by atoms with E-state index in [1.807, 2.05) is 30.7 Å². The normalized spacial score (nSPS) is 12.2. The van der Waals surface area contributed by atoms with Crippen molar-refractivity contribution >= 4 is 33.0 Å². The van der Waals surface area contributed by atoms with Gasteiger partial charge in [-0.2, -0.15) is 0 Å². The molecule has 1 aromatic carbocycles. The number of rotatable bonds is 10. The van der Waals surface area contributed by atoms with Gasteiger partial charge in [-0.3, -0.25) is 9.30 Å². The summed E-state index contributed by atoms with van der Waals surface area (Å²) in [5.41, 5.74) is 2.83. The van der Waals surface area contributed by atoms with Crippen molar-refractivity contribution in [3.8, 4) is 0 Å². The maximum Gasteiger partial charge on any atom is 0.231 e. The van der Waals surface area contributed by atoms with Gasteiger partial charge in [-0.1, -0.05) is 13.8 Å². The molecule has 0 unspecified atom stereocenters. The second kappa shape index (κ2) is 9.07. The van der Waals surface area contributed by atoms with Gasteiger partial charge in [0.2, 0.25) is 10.0 Å². The second-order valence-corrected chi connectivity index (χ2v) is 8.60. The molecule has 0 saturated carbocycles. The minimum atomic E-state index is -3.27. The number of hydrogen-bond acceptors (Lipinski definition) is 3. The Kier molecular flexibility index (Phi) is 7.08. The molecule has 0 radical (unpaired) electrons. The fraction of sp³-hybridized carbons (Fsp3) is 0.526. The Hall–Kier alpha value is -2.02. The molecule has 0 aliphatic rings. The molecule has 2 rings (SSSR count). The molecule has 0 aliphatic carbocycles. The smallest absolute Gasteiger partial charge is 0.231 e. The summed E-state index contributed by atoms with van der Waals surface area (Å²) in [4.78, 5) is 10.1. The monoisotopic (exact) mass is 378 g/mol. The molecule has 26 heavy (non-hydrogen) atoms. The molecule has 1 N–H and O–H groups in total. The molecule has 0 fully saturated rings. The van der Waals surface area contributed by atoms with Crippen molar-refractivity contribution in [1.29, 1.82) is 0 Å². The molecule has 0 amide bonds. The van der Waals surface area contributed by atoms with Crippen LogP contribution in [0.15, 0.2) is 29.4 Å². The molecule has 0 saturated heterocycles. The highest BCUT2D eigenvalue weighted by atomic mass is 32.2. The Bertz CT molecular complexity index is 836. The summed E-state index contributed by atoms with van der Waals surface area (Å²) in [6.45, 7) is 7.13. The summed E-state index contributed by atoms with van der Waals surface area (Å²) < 4.78 is 24.8. The van der Waals surface area contributed by atoms with Crippen LogP contribution in [0.4, 0.5) is 5.69 Å². The number of nitrogens with one attached hydrogen (secondary N) is 1. The summed E-state index contributed by atoms with van der Waals surface area (Å²) in [5, 5.41) is 1.05. The fourth-order valence-electron chi connectivity index (χ4n) is 2.92. The van der Waals surface area contributed by atoms with E-state index in [-0.39, 0.29) is 0 Å². The number of aromatic nitrogens is 1. The molecule has 1 aromatic heterocycles. The van der Waals surface area contributed by atoms with Crippen molar-refractivity contribution in [2.45, 2.75) is 33.1 Å². The quantitative estimate of drug-likeness (QED) is 0.510. The lowest BCUT2D eigenvalue weighted by molar-refractivity contribution is 0.427. The van der Waals surface area contributed by atoms with Crippen molar-refractivity contribution in [3.05, 3.63) is 30.0 Å². The third-order valence-corrected chi connectivity index (χ3v) is 5.59. The van der Waals surface area contributed by atoms with Gasteiger partial charge in [0, 0.05) is 43.8 Å². The van der Waals surface area contributed by atoms with Crippen LogP contribution in [-0.4, -0.2) is 57.6 Å². The van der Waals surface area contributed by atoms with Crippen LogP contribution in [-0.2, 0) is 16.4 Å². The molecule has 0 bridgehead atoms. The number of aliphatic imine (C=N–C) groups is 1. The highest BCUT2D eigenvalue weighted by molar-refractivity contribution is 7.92. The van der Waals surface area contributed by atoms with Crippen LogP contribution in [0.3, 0.4) is 0 Å². The number of benzene rings is 1. The van der Waals surface area contributed by atoms with Crippen molar-refractivity contribution < 1.29 is 8.42 Å². The number of fused-ring (bicyclic) bond motifs is 1. The largest absolute Gasteiger partial charge is 0.363 e. The van der Waals surface area contributed by atoms with Gasteiger partial charge < -0.3 is 9.88 Å². The zero-order valence-electron chi connectivity index (χ0n) is 16.2. The summed E-state index contributed by atoms with van der Waals surface area (Å²) in [5.74, 6) is 0. The van der Waals surface area contributed by atoms with E-state index in [2.05, 4.69) is 28.7 Å². The van der Waals surface area contributed by atoms with Gasteiger partial charge in [0.25, 0.3) is 0 Å². The van der Waals surface area contributed by atoms with Gasteiger partial charge in [0.15, 0.2) is 0 Å². The SMILES string of the molecule is CCCN(C=NCCc1c[nH]c2ccc(N(C)S(C)(=O)=O)cc12)CCC. The molecular weight excluding hydrogens is 348 g/mol. The number of H-pyrrole nitrogens is 1. The van der Waals surface area contributed by atoms with Crippen LogP contribution >= 0.6 is 0 Å². The van der Waals surface area contributed by atoms with Crippen LogP contribution in [0.25, 0.3) is 10.9 Å². The highest BCUT2D eigenvalue weighted by Gasteiger charge is 2.13. The average molecular weight is 379 g/mol. The lowest BCUT2D eigenvalue weighted by atomic mass is 10.1. The van der Waals surface area contributed by atoms with E-state index in [9.17, 15) is 8.42 Å². The van der Waals surface area contributed by atoms with Gasteiger partial charge in [0.1, 0.15) is 0 Å². The Labute approximate surface area is 157 Å². The van der Waals surface area contributed by atoms with Crippen LogP contribution < -0.4 is 4.31 Å². The van der Waals surface area contributed by atoms with Gasteiger partial charge in [-0.25, -0.2) is 8.42 Å². The predicted molar refractivity (Wildman–Crippen MR) is 111 cm³/mol. The summed E-state index contributed by atoms with van der Waals surface area (Å²) >= 11 is 0. The van der Waals surface area contributed by atoms with Gasteiger partial charge in [0.05, 0.1) is 18.3 Å². The lowest BCUT2D eigenvalue weighted by Gasteiger charge is -2.17. The molecule has 6 nitrogen and oxygen atoms in total. The number of anilines is 1. The van der Waals surface area contributed by atoms with Crippen molar-refractivity contribution in [1.82, 2.24) is 9.88 Å². The third-order valence-electron chi connectivity index (χ3n) is 4.39. The standard InChI is InChI=1S/C19H30N4O2S/c1-5-11-23(12-6-2)15-20-10-9-16-14-21-19-8-7-17(13-18(16)19)22(3)26(4,24)25/h7-8,13-15,21H,5-6,9-12H2,1-4H3. The third kappa shape index (κ3) is 5.24. The van der Waals surface area contributed by atoms with E-state index in [0.717, 1.165) is 48.8 Å². The minimum absolute atomic E-state index is 0.668. The molecule has 1 heterocycles. The first-order valence-corrected chi connectivity index (χ1v) is 11.0. The van der Waals surface area contributed by atoms with Crippen molar-refractivity contribution in [3.63, 3.8) is 0 Å². The van der Waals surface area contributed by atoms with Gasteiger partial charge in [-0.15, -0.1) is 0 Å². The van der Waals surface area contributed by atoms with Gasteiger partial charge >= 0.3 is 0 Å². The zero-order valence-corrected chi connectivity index (χ0v) is 17.0. The first kappa shape index (κ1) is 20.3. The fourth-order valence-corrected chi connectivity index (χ4v) is 3.42. The number of sulfonamides is 1. The average Bonchev–Trinajstić information content (AvgIpc) is 2.99. The van der Waals surface area contributed by atoms with E-state index >= 15 is 0 Å². The van der Waals surface area contributed by atoms with Gasteiger partial charge in [-0.05, 0) is 43.0 Å². The zero-order chi connectivity index (χ0) is 19.2. The molecule has 144 valence electrons. The van der Waals surface area contributed by atoms with E-state index in [0.29, 0.717) is 12.2 Å². The summed E-state index contributed by atoms with van der Waals surface area (Å²) in [6, 6.07) is 5.66. The Balaban J connectivity index is 2.10. The first-order chi connectivity index (χ1) is 12.4. The molecule has 2 aromatic rings. The lowest BCUT2D eigenvalue weighted by Crippen LogP contribution is -2.24. The molecular formula is C19H30N4O2S. The minimum Gasteiger partial charge on any atom is -0.363 e. The number of nitrogens with zero attached hydrogens (tertiary/aromatic N) is 3. The molecule has 0 aliphatic heterocycles. The van der Waals surface area contributed by atoms with Crippen molar-refractivity contribution in [2.24, 2.45) is 4.99 Å². The first-order valence-electron chi connectivity index (χ1n) is 9.14. The molecule has 0 spiro atoms. The second-order valence-electron chi connectivity index (χ2n) is 6.58.